The Morgan fingerprint density at radius 2 is 1.92 bits per heavy atom. The van der Waals surface area contributed by atoms with Crippen molar-refractivity contribution in [3.8, 4) is 11.3 Å². The standard InChI is InChI=1S/C29H33N7OS/c1-18-12-25(32-19(2)31-18)22-4-6-24-21(13-22)5-7-26(24)35-16-29(17-35)8-10-34(11-9-29)27(37)14-23-15-30-28-36(23)33-20(3)38-28/h4,6,12-13,15,26H,5,7-11,14,16-17H2,1-3H3. The lowest BCUT2D eigenvalue weighted by Gasteiger charge is -2.56. The van der Waals surface area contributed by atoms with Crippen LogP contribution in [-0.2, 0) is 17.6 Å². The van der Waals surface area contributed by atoms with E-state index in [1.54, 1.807) is 17.5 Å². The summed E-state index contributed by atoms with van der Waals surface area (Å²) in [5.41, 5.74) is 7.43. The van der Waals surface area contributed by atoms with Crippen LogP contribution in [0.4, 0.5) is 0 Å². The third-order valence-electron chi connectivity index (χ3n) is 8.73. The maximum absolute atomic E-state index is 13.1. The molecule has 0 N–H and O–H groups in total. The highest BCUT2D eigenvalue weighted by Gasteiger charge is 2.48. The summed E-state index contributed by atoms with van der Waals surface area (Å²) in [6, 6.07) is 9.51. The molecule has 196 valence electrons. The van der Waals surface area contributed by atoms with Gasteiger partial charge in [0.25, 0.3) is 0 Å². The number of amides is 1. The van der Waals surface area contributed by atoms with Crippen LogP contribution >= 0.6 is 11.3 Å². The van der Waals surface area contributed by atoms with Gasteiger partial charge in [0, 0.05) is 43.5 Å². The van der Waals surface area contributed by atoms with Crippen molar-refractivity contribution in [3.05, 3.63) is 63.8 Å². The maximum atomic E-state index is 13.1. The molecule has 1 amide bonds. The number of aromatic nitrogens is 5. The number of imidazole rings is 1. The predicted molar refractivity (Wildman–Crippen MR) is 147 cm³/mol. The highest BCUT2D eigenvalue weighted by atomic mass is 32.1. The quantitative estimate of drug-likeness (QED) is 0.393. The first-order valence-electron chi connectivity index (χ1n) is 13.6. The molecule has 0 bridgehead atoms. The smallest absolute Gasteiger partial charge is 0.228 e. The Kier molecular flexibility index (Phi) is 5.63. The van der Waals surface area contributed by atoms with Crippen molar-refractivity contribution in [2.24, 2.45) is 5.41 Å². The van der Waals surface area contributed by atoms with E-state index in [9.17, 15) is 4.79 Å². The summed E-state index contributed by atoms with van der Waals surface area (Å²) >= 11 is 1.56. The van der Waals surface area contributed by atoms with Gasteiger partial charge in [-0.25, -0.2) is 19.5 Å². The van der Waals surface area contributed by atoms with Crippen molar-refractivity contribution < 1.29 is 4.79 Å². The van der Waals surface area contributed by atoms with Crippen LogP contribution in [0.15, 0.2) is 30.5 Å². The minimum absolute atomic E-state index is 0.193. The third kappa shape index (κ3) is 4.12. The number of benzene rings is 1. The van der Waals surface area contributed by atoms with E-state index in [-0.39, 0.29) is 5.91 Å². The number of piperidine rings is 1. The van der Waals surface area contributed by atoms with Crippen molar-refractivity contribution in [1.82, 2.24) is 34.4 Å². The van der Waals surface area contributed by atoms with Gasteiger partial charge in [0.05, 0.1) is 24.0 Å². The Bertz CT molecular complexity index is 1520. The van der Waals surface area contributed by atoms with Gasteiger partial charge in [0.15, 0.2) is 0 Å². The fraction of sp³-hybridized carbons (Fsp3) is 0.483. The molecule has 0 radical (unpaired) electrons. The van der Waals surface area contributed by atoms with E-state index >= 15 is 0 Å². The highest BCUT2D eigenvalue weighted by molar-refractivity contribution is 7.16. The summed E-state index contributed by atoms with van der Waals surface area (Å²) in [7, 11) is 0. The summed E-state index contributed by atoms with van der Waals surface area (Å²) in [6.07, 6.45) is 6.68. The molecular formula is C29H33N7OS. The number of aryl methyl sites for hydroxylation is 4. The number of fused-ring (bicyclic) bond motifs is 2. The van der Waals surface area contributed by atoms with Crippen LogP contribution in [-0.4, -0.2) is 66.5 Å². The van der Waals surface area contributed by atoms with Crippen molar-refractivity contribution in [2.45, 2.75) is 58.9 Å². The van der Waals surface area contributed by atoms with Gasteiger partial charge in [0.1, 0.15) is 10.8 Å². The fourth-order valence-corrected chi connectivity index (χ4v) is 7.54. The Hall–Kier alpha value is -3.17. The SMILES string of the molecule is Cc1cc(-c2ccc3c(c2)CCC3N2CC3(CCN(C(=O)Cc4cnc5sc(C)nn45)CC3)C2)nc(C)n1. The van der Waals surface area contributed by atoms with Crippen LogP contribution in [0.1, 0.15) is 58.7 Å². The van der Waals surface area contributed by atoms with Crippen molar-refractivity contribution in [1.29, 1.82) is 0 Å². The van der Waals surface area contributed by atoms with E-state index in [4.69, 9.17) is 0 Å². The predicted octanol–water partition coefficient (Wildman–Crippen LogP) is 4.33. The monoisotopic (exact) mass is 527 g/mol. The lowest BCUT2D eigenvalue weighted by atomic mass is 9.71. The number of hydrogen-bond donors (Lipinski definition) is 0. The first kappa shape index (κ1) is 23.9. The van der Waals surface area contributed by atoms with Crippen LogP contribution in [0.25, 0.3) is 16.2 Å². The van der Waals surface area contributed by atoms with Gasteiger partial charge in [-0.2, -0.15) is 5.10 Å². The molecule has 4 aromatic rings. The highest BCUT2D eigenvalue weighted by Crippen LogP contribution is 2.48. The maximum Gasteiger partial charge on any atom is 0.228 e. The molecule has 1 spiro atoms. The zero-order valence-corrected chi connectivity index (χ0v) is 23.1. The fourth-order valence-electron chi connectivity index (χ4n) is 6.80. The van der Waals surface area contributed by atoms with E-state index in [1.165, 1.54) is 23.1 Å². The molecule has 1 unspecified atom stereocenters. The lowest BCUT2D eigenvalue weighted by Crippen LogP contribution is -2.61. The second-order valence-electron chi connectivity index (χ2n) is 11.4. The Morgan fingerprint density at radius 3 is 2.71 bits per heavy atom. The molecule has 2 fully saturated rings. The number of carbonyl (C=O) groups is 1. The second-order valence-corrected chi connectivity index (χ2v) is 12.6. The number of carbonyl (C=O) groups excluding carboxylic acids is 1. The second kappa shape index (κ2) is 8.95. The van der Waals surface area contributed by atoms with Crippen LogP contribution in [0.5, 0.6) is 0 Å². The van der Waals surface area contributed by atoms with Gasteiger partial charge < -0.3 is 4.90 Å². The van der Waals surface area contributed by atoms with Crippen LogP contribution < -0.4 is 0 Å². The number of likely N-dealkylation sites (tertiary alicyclic amines) is 2. The number of hydrogen-bond acceptors (Lipinski definition) is 7. The van der Waals surface area contributed by atoms with Gasteiger partial charge in [-0.15, -0.1) is 0 Å². The largest absolute Gasteiger partial charge is 0.342 e. The molecule has 38 heavy (non-hydrogen) atoms. The normalized spacial score (nSPS) is 20.7. The molecule has 7 rings (SSSR count). The number of nitrogens with zero attached hydrogens (tertiary/aromatic N) is 7. The minimum Gasteiger partial charge on any atom is -0.342 e. The summed E-state index contributed by atoms with van der Waals surface area (Å²) in [4.78, 5) is 32.1. The molecule has 8 nitrogen and oxygen atoms in total. The van der Waals surface area contributed by atoms with Gasteiger partial charge in [-0.1, -0.05) is 23.5 Å². The van der Waals surface area contributed by atoms with Gasteiger partial charge in [-0.3, -0.25) is 9.69 Å². The molecule has 1 aliphatic carbocycles. The zero-order chi connectivity index (χ0) is 26.0. The molecule has 2 saturated heterocycles. The van der Waals surface area contributed by atoms with Crippen molar-refractivity contribution in [3.63, 3.8) is 0 Å². The van der Waals surface area contributed by atoms with Crippen LogP contribution in [0.3, 0.4) is 0 Å². The lowest BCUT2D eigenvalue weighted by molar-refractivity contribution is -0.136. The summed E-state index contributed by atoms with van der Waals surface area (Å²) in [5.74, 6) is 1.02. The van der Waals surface area contributed by atoms with E-state index in [0.29, 0.717) is 17.9 Å². The molecule has 1 atom stereocenters. The molecule has 2 aliphatic heterocycles. The third-order valence-corrected chi connectivity index (χ3v) is 9.57. The summed E-state index contributed by atoms with van der Waals surface area (Å²) in [5, 5.41) is 5.47. The average molecular weight is 528 g/mol. The first-order chi connectivity index (χ1) is 18.4. The average Bonchev–Trinajstić information content (AvgIpc) is 3.56. The van der Waals surface area contributed by atoms with E-state index < -0.39 is 0 Å². The van der Waals surface area contributed by atoms with Gasteiger partial charge >= 0.3 is 0 Å². The molecule has 0 saturated carbocycles. The van der Waals surface area contributed by atoms with E-state index in [2.05, 4.69) is 54.1 Å². The minimum atomic E-state index is 0.193. The molecule has 3 aliphatic rings. The van der Waals surface area contributed by atoms with E-state index in [0.717, 1.165) is 78.3 Å². The van der Waals surface area contributed by atoms with Gasteiger partial charge in [-0.05, 0) is 75.1 Å². The summed E-state index contributed by atoms with van der Waals surface area (Å²) < 4.78 is 1.82. The van der Waals surface area contributed by atoms with Gasteiger partial charge in [0.2, 0.25) is 10.9 Å². The Balaban J connectivity index is 0.966. The van der Waals surface area contributed by atoms with Crippen LogP contribution in [0, 0.1) is 26.2 Å². The Labute approximate surface area is 226 Å². The molecule has 9 heteroatoms. The van der Waals surface area contributed by atoms with Crippen molar-refractivity contribution in [2.75, 3.05) is 26.2 Å². The van der Waals surface area contributed by atoms with Crippen LogP contribution in [0.2, 0.25) is 0 Å². The first-order valence-corrected chi connectivity index (χ1v) is 14.4. The molecule has 3 aromatic heterocycles. The molecule has 5 heterocycles. The molecular weight excluding hydrogens is 494 g/mol. The number of rotatable bonds is 4. The van der Waals surface area contributed by atoms with E-state index in [1.807, 2.05) is 25.3 Å². The topological polar surface area (TPSA) is 79.5 Å². The Morgan fingerprint density at radius 1 is 1.11 bits per heavy atom. The summed E-state index contributed by atoms with van der Waals surface area (Å²) in [6.45, 7) is 9.96. The zero-order valence-electron chi connectivity index (χ0n) is 22.3. The van der Waals surface area contributed by atoms with Crippen molar-refractivity contribution >= 4 is 22.2 Å². The molecule has 1 aromatic carbocycles.